The normalized spacial score (nSPS) is 13.3. The number of aromatic nitrogens is 1. The Morgan fingerprint density at radius 1 is 1.43 bits per heavy atom. The molecule has 128 valence electrons. The molecule has 0 aliphatic carbocycles. The molecule has 1 aromatic rings. The fourth-order valence-corrected chi connectivity index (χ4v) is 2.06. The van der Waals surface area contributed by atoms with Gasteiger partial charge in [-0.05, 0) is 19.4 Å². The maximum atomic E-state index is 13.0. The maximum Gasteiger partial charge on any atom is 0.417 e. The Balaban J connectivity index is 3.48. The molecular formula is C15H18F3NO4. The van der Waals surface area contributed by atoms with Gasteiger partial charge in [0.15, 0.2) is 0 Å². The second-order valence-corrected chi connectivity index (χ2v) is 4.79. The lowest BCUT2D eigenvalue weighted by Gasteiger charge is -2.18. The first-order chi connectivity index (χ1) is 10.7. The van der Waals surface area contributed by atoms with E-state index in [4.69, 9.17) is 4.74 Å². The summed E-state index contributed by atoms with van der Waals surface area (Å²) < 4.78 is 44.8. The number of aliphatic carboxylic acids is 1. The van der Waals surface area contributed by atoms with Crippen molar-refractivity contribution in [1.29, 1.82) is 0 Å². The third kappa shape index (κ3) is 4.87. The van der Waals surface area contributed by atoms with Crippen LogP contribution in [0.15, 0.2) is 23.3 Å². The van der Waals surface area contributed by atoms with Gasteiger partial charge in [0.05, 0.1) is 18.4 Å². The van der Waals surface area contributed by atoms with Crippen LogP contribution >= 0.6 is 0 Å². The van der Waals surface area contributed by atoms with Crippen molar-refractivity contribution in [3.8, 4) is 0 Å². The van der Waals surface area contributed by atoms with E-state index < -0.39 is 29.3 Å². The largest absolute Gasteiger partial charge is 0.501 e. The van der Waals surface area contributed by atoms with Gasteiger partial charge in [0.1, 0.15) is 6.04 Å². The summed E-state index contributed by atoms with van der Waals surface area (Å²) in [5.41, 5.74) is -2.46. The zero-order valence-corrected chi connectivity index (χ0v) is 12.8. The summed E-state index contributed by atoms with van der Waals surface area (Å²) in [7, 11) is 0. The molecular weight excluding hydrogens is 315 g/mol. The van der Waals surface area contributed by atoms with Gasteiger partial charge < -0.3 is 14.4 Å². The lowest BCUT2D eigenvalue weighted by Crippen LogP contribution is -2.31. The highest BCUT2D eigenvalue weighted by Crippen LogP contribution is 2.32. The number of nitrogens with zero attached hydrogens (tertiary/aromatic N) is 1. The van der Waals surface area contributed by atoms with Crippen LogP contribution in [0.1, 0.15) is 43.9 Å². The molecule has 0 aromatic carbocycles. The van der Waals surface area contributed by atoms with Crippen LogP contribution in [0.5, 0.6) is 0 Å². The van der Waals surface area contributed by atoms with Crippen molar-refractivity contribution in [1.82, 2.24) is 4.57 Å². The summed E-state index contributed by atoms with van der Waals surface area (Å²) in [5, 5.41) is 9.19. The molecule has 1 unspecified atom stereocenters. The SMILES string of the molecule is CCCC(C(=O)O)n1cc(/C=C/OCC)c(C(F)(F)F)cc1=O. The Kier molecular flexibility index (Phi) is 6.41. The first-order valence-corrected chi connectivity index (χ1v) is 7.06. The van der Waals surface area contributed by atoms with Crippen LogP contribution in [-0.4, -0.2) is 22.2 Å². The standard InChI is InChI=1S/C15H18F3NO4/c1-3-5-12(14(21)22)19-9-10(6-7-23-4-2)11(8-13(19)20)15(16,17)18/h6-9,12H,3-5H2,1-2H3,(H,21,22)/b7-6+. The molecule has 0 aliphatic rings. The van der Waals surface area contributed by atoms with Crippen LogP contribution in [0.25, 0.3) is 6.08 Å². The first-order valence-electron chi connectivity index (χ1n) is 7.06. The molecule has 0 fully saturated rings. The van der Waals surface area contributed by atoms with Gasteiger partial charge in [0.25, 0.3) is 5.56 Å². The highest BCUT2D eigenvalue weighted by atomic mass is 19.4. The van der Waals surface area contributed by atoms with Crippen LogP contribution in [-0.2, 0) is 15.7 Å². The topological polar surface area (TPSA) is 68.5 Å². The predicted molar refractivity (Wildman–Crippen MR) is 77.9 cm³/mol. The summed E-state index contributed by atoms with van der Waals surface area (Å²) in [4.78, 5) is 23.2. The molecule has 23 heavy (non-hydrogen) atoms. The van der Waals surface area contributed by atoms with Crippen molar-refractivity contribution in [2.45, 2.75) is 38.9 Å². The number of carboxylic acid groups (broad SMARTS) is 1. The number of carboxylic acids is 1. The summed E-state index contributed by atoms with van der Waals surface area (Å²) in [6.45, 7) is 3.66. The molecule has 8 heteroatoms. The van der Waals surface area contributed by atoms with Gasteiger partial charge in [-0.15, -0.1) is 0 Å². The second-order valence-electron chi connectivity index (χ2n) is 4.79. The molecule has 1 N–H and O–H groups in total. The quantitative estimate of drug-likeness (QED) is 0.778. The molecule has 0 bridgehead atoms. The van der Waals surface area contributed by atoms with Gasteiger partial charge in [-0.25, -0.2) is 4.79 Å². The minimum atomic E-state index is -4.73. The van der Waals surface area contributed by atoms with E-state index in [1.807, 2.05) is 0 Å². The first kappa shape index (κ1) is 18.8. The van der Waals surface area contributed by atoms with Crippen molar-refractivity contribution in [2.75, 3.05) is 6.61 Å². The Morgan fingerprint density at radius 3 is 2.57 bits per heavy atom. The Hall–Kier alpha value is -2.25. The number of ether oxygens (including phenoxy) is 1. The summed E-state index contributed by atoms with van der Waals surface area (Å²) in [5.74, 6) is -1.27. The van der Waals surface area contributed by atoms with Crippen molar-refractivity contribution in [3.05, 3.63) is 40.0 Å². The van der Waals surface area contributed by atoms with Gasteiger partial charge in [-0.3, -0.25) is 4.79 Å². The summed E-state index contributed by atoms with van der Waals surface area (Å²) in [6, 6.07) is -0.800. The predicted octanol–water partition coefficient (Wildman–Crippen LogP) is 3.30. The molecule has 1 heterocycles. The number of carbonyl (C=O) groups is 1. The zero-order chi connectivity index (χ0) is 17.6. The molecule has 0 saturated carbocycles. The molecule has 0 spiro atoms. The van der Waals surface area contributed by atoms with Crippen LogP contribution in [0.2, 0.25) is 0 Å². The molecule has 0 saturated heterocycles. The van der Waals surface area contributed by atoms with Crippen molar-refractivity contribution < 1.29 is 27.8 Å². The lowest BCUT2D eigenvalue weighted by atomic mass is 10.1. The van der Waals surface area contributed by atoms with E-state index in [9.17, 15) is 27.9 Å². The zero-order valence-electron chi connectivity index (χ0n) is 12.8. The van der Waals surface area contributed by atoms with E-state index in [1.54, 1.807) is 13.8 Å². The molecule has 0 radical (unpaired) electrons. The van der Waals surface area contributed by atoms with Crippen molar-refractivity contribution in [3.63, 3.8) is 0 Å². The van der Waals surface area contributed by atoms with Gasteiger partial charge in [-0.2, -0.15) is 13.2 Å². The van der Waals surface area contributed by atoms with Crippen molar-refractivity contribution >= 4 is 12.0 Å². The molecule has 5 nitrogen and oxygen atoms in total. The molecule has 0 amide bonds. The van der Waals surface area contributed by atoms with E-state index in [0.29, 0.717) is 12.5 Å². The minimum Gasteiger partial charge on any atom is -0.501 e. The van der Waals surface area contributed by atoms with Gasteiger partial charge in [0, 0.05) is 17.8 Å². The number of pyridine rings is 1. The lowest BCUT2D eigenvalue weighted by molar-refractivity contribution is -0.141. The molecule has 1 rings (SSSR count). The van der Waals surface area contributed by atoms with Gasteiger partial charge >= 0.3 is 12.1 Å². The molecule has 0 aliphatic heterocycles. The van der Waals surface area contributed by atoms with Crippen LogP contribution in [0.3, 0.4) is 0 Å². The third-order valence-corrected chi connectivity index (χ3v) is 3.11. The number of hydrogen-bond acceptors (Lipinski definition) is 3. The van der Waals surface area contributed by atoms with Gasteiger partial charge in [-0.1, -0.05) is 13.3 Å². The maximum absolute atomic E-state index is 13.0. The van der Waals surface area contributed by atoms with Crippen LogP contribution in [0, 0.1) is 0 Å². The number of alkyl halides is 3. The smallest absolute Gasteiger partial charge is 0.417 e. The third-order valence-electron chi connectivity index (χ3n) is 3.11. The fraction of sp³-hybridized carbons (Fsp3) is 0.467. The monoisotopic (exact) mass is 333 g/mol. The second kappa shape index (κ2) is 7.85. The highest BCUT2D eigenvalue weighted by molar-refractivity contribution is 5.72. The summed E-state index contributed by atoms with van der Waals surface area (Å²) >= 11 is 0. The minimum absolute atomic E-state index is 0.134. The van der Waals surface area contributed by atoms with Gasteiger partial charge in [0.2, 0.25) is 0 Å². The van der Waals surface area contributed by atoms with E-state index in [0.717, 1.165) is 23.1 Å². The molecule has 1 atom stereocenters. The fourth-order valence-electron chi connectivity index (χ4n) is 2.06. The molecule has 1 aromatic heterocycles. The van der Waals surface area contributed by atoms with E-state index in [2.05, 4.69) is 0 Å². The van der Waals surface area contributed by atoms with E-state index in [1.165, 1.54) is 0 Å². The Bertz CT molecular complexity index is 635. The average Bonchev–Trinajstić information content (AvgIpc) is 2.45. The number of rotatable bonds is 7. The number of hydrogen-bond donors (Lipinski definition) is 1. The van der Waals surface area contributed by atoms with Crippen LogP contribution in [0.4, 0.5) is 13.2 Å². The highest BCUT2D eigenvalue weighted by Gasteiger charge is 2.34. The summed E-state index contributed by atoms with van der Waals surface area (Å²) in [6.07, 6.45) is -1.07. The Morgan fingerprint density at radius 2 is 2.09 bits per heavy atom. The van der Waals surface area contributed by atoms with E-state index in [-0.39, 0.29) is 18.6 Å². The Labute approximate surface area is 131 Å². The average molecular weight is 333 g/mol. The van der Waals surface area contributed by atoms with E-state index >= 15 is 0 Å². The van der Waals surface area contributed by atoms with Crippen molar-refractivity contribution in [2.24, 2.45) is 0 Å². The van der Waals surface area contributed by atoms with Crippen LogP contribution < -0.4 is 5.56 Å². The number of halogens is 3.